The standard InChI is InChI=1S/C11H16N2O2/c1-11(15,8-4-5-8)7-13-10(14)9-3-2-6-12-9/h2-3,6,8,12,15H,4-5,7H2,1H3,(H,13,14). The van der Waals surface area contributed by atoms with Gasteiger partial charge in [-0.1, -0.05) is 0 Å². The SMILES string of the molecule is CC(O)(CNC(=O)c1ccc[nH]1)C1CC1. The third kappa shape index (κ3) is 2.39. The van der Waals surface area contributed by atoms with Gasteiger partial charge in [-0.15, -0.1) is 0 Å². The fraction of sp³-hybridized carbons (Fsp3) is 0.545. The molecule has 0 spiro atoms. The summed E-state index contributed by atoms with van der Waals surface area (Å²) in [4.78, 5) is 14.4. The number of amides is 1. The highest BCUT2D eigenvalue weighted by molar-refractivity contribution is 5.92. The number of carbonyl (C=O) groups is 1. The molecule has 1 amide bonds. The second-order valence-electron chi connectivity index (χ2n) is 4.40. The molecule has 1 aromatic rings. The van der Waals surface area contributed by atoms with Crippen LogP contribution in [0.3, 0.4) is 0 Å². The van der Waals surface area contributed by atoms with Crippen LogP contribution in [0.25, 0.3) is 0 Å². The Bertz CT molecular complexity index is 339. The van der Waals surface area contributed by atoms with Crippen LogP contribution in [-0.2, 0) is 0 Å². The maximum atomic E-state index is 11.5. The molecule has 0 radical (unpaired) electrons. The molecule has 1 atom stereocenters. The van der Waals surface area contributed by atoms with Gasteiger partial charge in [0.15, 0.2) is 0 Å². The Morgan fingerprint density at radius 3 is 3.00 bits per heavy atom. The van der Waals surface area contributed by atoms with Gasteiger partial charge in [0.1, 0.15) is 5.69 Å². The number of rotatable bonds is 4. The molecule has 4 nitrogen and oxygen atoms in total. The van der Waals surface area contributed by atoms with Gasteiger partial charge < -0.3 is 15.4 Å². The van der Waals surface area contributed by atoms with E-state index in [1.165, 1.54) is 0 Å². The average Bonchev–Trinajstić information content (AvgIpc) is 2.92. The summed E-state index contributed by atoms with van der Waals surface area (Å²) in [6.45, 7) is 2.09. The topological polar surface area (TPSA) is 65.1 Å². The van der Waals surface area contributed by atoms with Gasteiger partial charge in [0.2, 0.25) is 0 Å². The molecule has 1 heterocycles. The highest BCUT2D eigenvalue weighted by atomic mass is 16.3. The summed E-state index contributed by atoms with van der Waals surface area (Å²) < 4.78 is 0. The van der Waals surface area contributed by atoms with Gasteiger partial charge in [-0.2, -0.15) is 0 Å². The Morgan fingerprint density at radius 2 is 2.47 bits per heavy atom. The van der Waals surface area contributed by atoms with E-state index in [4.69, 9.17) is 0 Å². The molecule has 2 rings (SSSR count). The first kappa shape index (κ1) is 10.2. The summed E-state index contributed by atoms with van der Waals surface area (Å²) in [5.74, 6) is 0.183. The van der Waals surface area contributed by atoms with E-state index in [1.54, 1.807) is 25.3 Å². The number of hydrogen-bond donors (Lipinski definition) is 3. The van der Waals surface area contributed by atoms with Gasteiger partial charge in [0.05, 0.1) is 5.60 Å². The molecule has 15 heavy (non-hydrogen) atoms. The number of aromatic nitrogens is 1. The molecule has 1 aliphatic carbocycles. The molecule has 0 aromatic carbocycles. The van der Waals surface area contributed by atoms with Gasteiger partial charge >= 0.3 is 0 Å². The normalized spacial score (nSPS) is 19.6. The number of carbonyl (C=O) groups excluding carboxylic acids is 1. The molecule has 1 aromatic heterocycles. The summed E-state index contributed by atoms with van der Waals surface area (Å²) in [5.41, 5.74) is -0.232. The third-order valence-corrected chi connectivity index (χ3v) is 2.91. The van der Waals surface area contributed by atoms with Crippen molar-refractivity contribution in [3.63, 3.8) is 0 Å². The van der Waals surface area contributed by atoms with E-state index in [0.29, 0.717) is 18.2 Å². The van der Waals surface area contributed by atoms with Crippen molar-refractivity contribution in [2.24, 2.45) is 5.92 Å². The lowest BCUT2D eigenvalue weighted by Gasteiger charge is -2.22. The number of H-pyrrole nitrogens is 1. The van der Waals surface area contributed by atoms with Gasteiger partial charge in [-0.3, -0.25) is 4.79 Å². The van der Waals surface area contributed by atoms with Crippen LogP contribution in [-0.4, -0.2) is 28.1 Å². The first-order valence-electron chi connectivity index (χ1n) is 5.23. The molecule has 82 valence electrons. The third-order valence-electron chi connectivity index (χ3n) is 2.91. The maximum Gasteiger partial charge on any atom is 0.267 e. The van der Waals surface area contributed by atoms with Crippen molar-refractivity contribution in [1.29, 1.82) is 0 Å². The lowest BCUT2D eigenvalue weighted by Crippen LogP contribution is -2.42. The Labute approximate surface area is 88.7 Å². The molecule has 0 saturated heterocycles. The zero-order chi connectivity index (χ0) is 10.9. The fourth-order valence-corrected chi connectivity index (χ4v) is 1.68. The van der Waals surface area contributed by atoms with E-state index in [9.17, 15) is 9.90 Å². The molecular weight excluding hydrogens is 192 g/mol. The smallest absolute Gasteiger partial charge is 0.267 e. The van der Waals surface area contributed by atoms with Gasteiger partial charge in [0, 0.05) is 12.7 Å². The van der Waals surface area contributed by atoms with Crippen molar-refractivity contribution in [3.8, 4) is 0 Å². The predicted octanol–water partition coefficient (Wildman–Crippen LogP) is 0.906. The van der Waals surface area contributed by atoms with Crippen LogP contribution in [0, 0.1) is 5.92 Å². The van der Waals surface area contributed by atoms with E-state index in [-0.39, 0.29) is 5.91 Å². The van der Waals surface area contributed by atoms with E-state index < -0.39 is 5.60 Å². The van der Waals surface area contributed by atoms with Crippen LogP contribution in [0.1, 0.15) is 30.3 Å². The minimum Gasteiger partial charge on any atom is -0.388 e. The summed E-state index contributed by atoms with van der Waals surface area (Å²) in [5, 5.41) is 12.7. The predicted molar refractivity (Wildman–Crippen MR) is 56.5 cm³/mol. The lowest BCUT2D eigenvalue weighted by atomic mass is 10.0. The molecule has 1 unspecified atom stereocenters. The fourth-order valence-electron chi connectivity index (χ4n) is 1.68. The molecule has 4 heteroatoms. The Morgan fingerprint density at radius 1 is 1.73 bits per heavy atom. The Balaban J connectivity index is 1.85. The zero-order valence-electron chi connectivity index (χ0n) is 8.79. The average molecular weight is 208 g/mol. The molecule has 1 aliphatic rings. The summed E-state index contributed by atoms with van der Waals surface area (Å²) in [6, 6.07) is 3.48. The monoisotopic (exact) mass is 208 g/mol. The maximum absolute atomic E-state index is 11.5. The second kappa shape index (κ2) is 3.70. The zero-order valence-corrected chi connectivity index (χ0v) is 8.79. The molecule has 0 bridgehead atoms. The second-order valence-corrected chi connectivity index (χ2v) is 4.40. The van der Waals surface area contributed by atoms with E-state index in [2.05, 4.69) is 10.3 Å². The van der Waals surface area contributed by atoms with Crippen molar-refractivity contribution in [1.82, 2.24) is 10.3 Å². The van der Waals surface area contributed by atoms with Crippen molar-refractivity contribution in [3.05, 3.63) is 24.0 Å². The van der Waals surface area contributed by atoms with Crippen molar-refractivity contribution in [2.45, 2.75) is 25.4 Å². The molecule has 1 saturated carbocycles. The summed E-state index contributed by atoms with van der Waals surface area (Å²) in [6.07, 6.45) is 3.82. The number of aromatic amines is 1. The van der Waals surface area contributed by atoms with Crippen molar-refractivity contribution < 1.29 is 9.90 Å². The molecule has 3 N–H and O–H groups in total. The van der Waals surface area contributed by atoms with Crippen molar-refractivity contribution in [2.75, 3.05) is 6.54 Å². The van der Waals surface area contributed by atoms with Gasteiger partial charge in [-0.05, 0) is 37.8 Å². The highest BCUT2D eigenvalue weighted by Gasteiger charge is 2.39. The van der Waals surface area contributed by atoms with Crippen LogP contribution in [0.4, 0.5) is 0 Å². The molecular formula is C11H16N2O2. The largest absolute Gasteiger partial charge is 0.388 e. The molecule has 1 fully saturated rings. The Kier molecular flexibility index (Phi) is 2.52. The van der Waals surface area contributed by atoms with Crippen LogP contribution < -0.4 is 5.32 Å². The van der Waals surface area contributed by atoms with Crippen LogP contribution in [0.2, 0.25) is 0 Å². The summed E-state index contributed by atoms with van der Waals surface area (Å²) in [7, 11) is 0. The molecule has 0 aliphatic heterocycles. The van der Waals surface area contributed by atoms with Crippen LogP contribution >= 0.6 is 0 Å². The first-order chi connectivity index (χ1) is 7.09. The number of nitrogens with one attached hydrogen (secondary N) is 2. The first-order valence-corrected chi connectivity index (χ1v) is 5.23. The highest BCUT2D eigenvalue weighted by Crippen LogP contribution is 2.38. The van der Waals surface area contributed by atoms with Crippen LogP contribution in [0.15, 0.2) is 18.3 Å². The lowest BCUT2D eigenvalue weighted by molar-refractivity contribution is 0.0353. The number of hydrogen-bond acceptors (Lipinski definition) is 2. The van der Waals surface area contributed by atoms with Gasteiger partial charge in [-0.25, -0.2) is 0 Å². The van der Waals surface area contributed by atoms with Gasteiger partial charge in [0.25, 0.3) is 5.91 Å². The number of aliphatic hydroxyl groups is 1. The quantitative estimate of drug-likeness (QED) is 0.688. The van der Waals surface area contributed by atoms with E-state index in [1.807, 2.05) is 0 Å². The van der Waals surface area contributed by atoms with E-state index >= 15 is 0 Å². The Hall–Kier alpha value is -1.29. The van der Waals surface area contributed by atoms with Crippen molar-refractivity contribution >= 4 is 5.91 Å². The summed E-state index contributed by atoms with van der Waals surface area (Å²) >= 11 is 0. The van der Waals surface area contributed by atoms with E-state index in [0.717, 1.165) is 12.8 Å². The minimum atomic E-state index is -0.762. The van der Waals surface area contributed by atoms with Crippen LogP contribution in [0.5, 0.6) is 0 Å². The minimum absolute atomic E-state index is 0.166.